The molecule has 2 rings (SSSR count). The average molecular weight is 348 g/mol. The van der Waals surface area contributed by atoms with E-state index < -0.39 is 0 Å². The van der Waals surface area contributed by atoms with Gasteiger partial charge in [-0.2, -0.15) is 0 Å². The van der Waals surface area contributed by atoms with Crippen molar-refractivity contribution >= 4 is 5.96 Å². The molecule has 1 fully saturated rings. The van der Waals surface area contributed by atoms with Gasteiger partial charge in [-0.1, -0.05) is 25.1 Å². The summed E-state index contributed by atoms with van der Waals surface area (Å²) in [6.45, 7) is 11.4. The Morgan fingerprint density at radius 2 is 1.96 bits per heavy atom. The molecule has 0 bridgehead atoms. The molecule has 1 aromatic carbocycles. The number of piperazine rings is 1. The minimum absolute atomic E-state index is 0.179. The number of para-hydroxylation sites is 1. The number of hydrogen-bond donors (Lipinski definition) is 2. The largest absolute Gasteiger partial charge is 0.492 e. The zero-order valence-electron chi connectivity index (χ0n) is 15.5. The summed E-state index contributed by atoms with van der Waals surface area (Å²) in [5.74, 6) is 2.09. The number of ether oxygens (including phenoxy) is 1. The van der Waals surface area contributed by atoms with Crippen molar-refractivity contribution in [3.8, 4) is 5.75 Å². The molecule has 6 heteroatoms. The summed E-state index contributed by atoms with van der Waals surface area (Å²) in [6.07, 6.45) is 0. The Labute approximate surface area is 151 Å². The van der Waals surface area contributed by atoms with Crippen molar-refractivity contribution in [2.45, 2.75) is 13.8 Å². The lowest BCUT2D eigenvalue weighted by atomic mass is 10.2. The first kappa shape index (κ1) is 19.5. The molecule has 1 atom stereocenters. The second kappa shape index (κ2) is 10.9. The molecule has 2 N–H and O–H groups in total. The van der Waals surface area contributed by atoms with Crippen LogP contribution in [0.25, 0.3) is 0 Å². The highest BCUT2D eigenvalue weighted by molar-refractivity contribution is 5.80. The Morgan fingerprint density at radius 1 is 1.24 bits per heavy atom. The van der Waals surface area contributed by atoms with Crippen LogP contribution < -0.4 is 10.1 Å². The van der Waals surface area contributed by atoms with Crippen molar-refractivity contribution in [3.63, 3.8) is 0 Å². The van der Waals surface area contributed by atoms with E-state index in [2.05, 4.69) is 27.0 Å². The van der Waals surface area contributed by atoms with Crippen molar-refractivity contribution in [1.82, 2.24) is 15.1 Å². The first-order chi connectivity index (χ1) is 12.2. The number of guanidine groups is 1. The molecule has 6 nitrogen and oxygen atoms in total. The fourth-order valence-corrected chi connectivity index (χ4v) is 2.72. The van der Waals surface area contributed by atoms with Gasteiger partial charge in [0.15, 0.2) is 5.96 Å². The minimum atomic E-state index is 0.179. The Hall–Kier alpha value is -1.79. The first-order valence-corrected chi connectivity index (χ1v) is 9.27. The van der Waals surface area contributed by atoms with Gasteiger partial charge in [-0.05, 0) is 25.0 Å². The van der Waals surface area contributed by atoms with Crippen molar-refractivity contribution in [1.29, 1.82) is 0 Å². The van der Waals surface area contributed by atoms with Crippen LogP contribution in [0.4, 0.5) is 0 Å². The molecule has 1 aliphatic heterocycles. The lowest BCUT2D eigenvalue weighted by Crippen LogP contribution is -2.53. The second-order valence-electron chi connectivity index (χ2n) is 6.47. The summed E-state index contributed by atoms with van der Waals surface area (Å²) in [5, 5.41) is 12.5. The number of nitrogens with one attached hydrogen (secondary N) is 1. The van der Waals surface area contributed by atoms with Gasteiger partial charge in [0.05, 0.1) is 0 Å². The van der Waals surface area contributed by atoms with E-state index in [0.29, 0.717) is 13.2 Å². The molecule has 1 saturated heterocycles. The highest BCUT2D eigenvalue weighted by atomic mass is 16.5. The zero-order chi connectivity index (χ0) is 17.9. The summed E-state index contributed by atoms with van der Waals surface area (Å²) >= 11 is 0. The summed E-state index contributed by atoms with van der Waals surface area (Å²) in [7, 11) is 0. The fourth-order valence-electron chi connectivity index (χ4n) is 2.72. The highest BCUT2D eigenvalue weighted by Gasteiger charge is 2.19. The van der Waals surface area contributed by atoms with Crippen molar-refractivity contribution in [2.24, 2.45) is 10.9 Å². The van der Waals surface area contributed by atoms with Gasteiger partial charge in [-0.3, -0.25) is 9.89 Å². The van der Waals surface area contributed by atoms with Crippen molar-refractivity contribution in [2.75, 3.05) is 59.0 Å². The third-order valence-corrected chi connectivity index (χ3v) is 4.29. The van der Waals surface area contributed by atoms with Gasteiger partial charge < -0.3 is 20.1 Å². The topological polar surface area (TPSA) is 60.3 Å². The Morgan fingerprint density at radius 3 is 2.60 bits per heavy atom. The molecule has 25 heavy (non-hydrogen) atoms. The smallest absolute Gasteiger partial charge is 0.194 e. The third-order valence-electron chi connectivity index (χ3n) is 4.29. The molecule has 1 aliphatic rings. The third kappa shape index (κ3) is 6.92. The van der Waals surface area contributed by atoms with Gasteiger partial charge >= 0.3 is 0 Å². The van der Waals surface area contributed by atoms with Gasteiger partial charge in [0.2, 0.25) is 0 Å². The summed E-state index contributed by atoms with van der Waals surface area (Å²) in [4.78, 5) is 9.40. The molecule has 140 valence electrons. The molecule has 1 unspecified atom stereocenters. The minimum Gasteiger partial charge on any atom is -0.492 e. The SMILES string of the molecule is CCNC(=NCC(C)CO)N1CCN(CCOc2ccccc2)CC1. The normalized spacial score (nSPS) is 17.4. The number of aliphatic imine (C=N–C) groups is 1. The number of aliphatic hydroxyl groups excluding tert-OH is 1. The van der Waals surface area contributed by atoms with Gasteiger partial charge in [0.1, 0.15) is 12.4 Å². The Balaban J connectivity index is 1.73. The number of rotatable bonds is 8. The van der Waals surface area contributed by atoms with Crippen LogP contribution in [0.3, 0.4) is 0 Å². The molecule has 1 heterocycles. The number of aliphatic hydroxyl groups is 1. The van der Waals surface area contributed by atoms with E-state index in [1.165, 1.54) is 0 Å². The van der Waals surface area contributed by atoms with Crippen molar-refractivity contribution < 1.29 is 9.84 Å². The highest BCUT2D eigenvalue weighted by Crippen LogP contribution is 2.09. The van der Waals surface area contributed by atoms with Crippen molar-refractivity contribution in [3.05, 3.63) is 30.3 Å². The Bertz CT molecular complexity index is 501. The monoisotopic (exact) mass is 348 g/mol. The van der Waals surface area contributed by atoms with E-state index in [0.717, 1.165) is 51.0 Å². The molecule has 0 radical (unpaired) electrons. The lowest BCUT2D eigenvalue weighted by Gasteiger charge is -2.36. The first-order valence-electron chi connectivity index (χ1n) is 9.27. The molecule has 0 spiro atoms. The maximum atomic E-state index is 9.17. The maximum Gasteiger partial charge on any atom is 0.194 e. The molecule has 0 amide bonds. The molecular formula is C19H32N4O2. The van der Waals surface area contributed by atoms with Crippen LogP contribution in [0.1, 0.15) is 13.8 Å². The van der Waals surface area contributed by atoms with Crippen LogP contribution >= 0.6 is 0 Å². The van der Waals surface area contributed by atoms with Crippen LogP contribution in [0.15, 0.2) is 35.3 Å². The van der Waals surface area contributed by atoms with E-state index in [9.17, 15) is 0 Å². The predicted molar refractivity (Wildman–Crippen MR) is 102 cm³/mol. The Kier molecular flexibility index (Phi) is 8.55. The van der Waals surface area contributed by atoms with Crippen LogP contribution in [0.2, 0.25) is 0 Å². The number of hydrogen-bond acceptors (Lipinski definition) is 4. The van der Waals surface area contributed by atoms with Crippen LogP contribution in [0.5, 0.6) is 5.75 Å². The van der Waals surface area contributed by atoms with Gasteiger partial charge in [-0.15, -0.1) is 0 Å². The summed E-state index contributed by atoms with van der Waals surface area (Å²) in [5.41, 5.74) is 0. The number of benzene rings is 1. The average Bonchev–Trinajstić information content (AvgIpc) is 2.66. The fraction of sp³-hybridized carbons (Fsp3) is 0.632. The van der Waals surface area contributed by atoms with E-state index >= 15 is 0 Å². The van der Waals surface area contributed by atoms with Crippen LogP contribution in [-0.2, 0) is 0 Å². The van der Waals surface area contributed by atoms with E-state index in [-0.39, 0.29) is 12.5 Å². The molecule has 0 saturated carbocycles. The van der Waals surface area contributed by atoms with E-state index in [1.807, 2.05) is 37.3 Å². The van der Waals surface area contributed by atoms with Gasteiger partial charge in [0, 0.05) is 52.4 Å². The molecule has 0 aliphatic carbocycles. The number of nitrogens with zero attached hydrogens (tertiary/aromatic N) is 3. The standard InChI is InChI=1S/C19H32N4O2/c1-3-20-19(21-15-17(2)16-24)23-11-9-22(10-12-23)13-14-25-18-7-5-4-6-8-18/h4-8,17,24H,3,9-16H2,1-2H3,(H,20,21). The van der Waals surface area contributed by atoms with Gasteiger partial charge in [-0.25, -0.2) is 0 Å². The molecular weight excluding hydrogens is 316 g/mol. The zero-order valence-corrected chi connectivity index (χ0v) is 15.5. The summed E-state index contributed by atoms with van der Waals surface area (Å²) < 4.78 is 5.78. The quantitative estimate of drug-likeness (QED) is 0.547. The van der Waals surface area contributed by atoms with Gasteiger partial charge in [0.25, 0.3) is 0 Å². The molecule has 0 aromatic heterocycles. The molecule has 1 aromatic rings. The van der Waals surface area contributed by atoms with Crippen LogP contribution in [0, 0.1) is 5.92 Å². The second-order valence-corrected chi connectivity index (χ2v) is 6.47. The van der Waals surface area contributed by atoms with E-state index in [4.69, 9.17) is 9.84 Å². The van der Waals surface area contributed by atoms with Crippen LogP contribution in [-0.4, -0.2) is 79.9 Å². The predicted octanol–water partition coefficient (Wildman–Crippen LogP) is 1.28. The summed E-state index contributed by atoms with van der Waals surface area (Å²) in [6, 6.07) is 9.96. The lowest BCUT2D eigenvalue weighted by molar-refractivity contribution is 0.152. The maximum absolute atomic E-state index is 9.17. The van der Waals surface area contributed by atoms with E-state index in [1.54, 1.807) is 0 Å².